The molecule has 1 aliphatic heterocycles. The van der Waals surface area contributed by atoms with Gasteiger partial charge in [-0.3, -0.25) is 9.59 Å². The van der Waals surface area contributed by atoms with Gasteiger partial charge in [-0.05, 0) is 12.1 Å². The molecule has 11 heteroatoms. The molecule has 1 atom stereocenters. The van der Waals surface area contributed by atoms with E-state index < -0.39 is 39.6 Å². The zero-order valence-corrected chi connectivity index (χ0v) is 14.2. The Morgan fingerprint density at radius 1 is 1.24 bits per heavy atom. The molecule has 8 nitrogen and oxygen atoms in total. The maximum Gasteiger partial charge on any atom is 0.259 e. The van der Waals surface area contributed by atoms with Crippen LogP contribution in [0.25, 0.3) is 0 Å². The van der Waals surface area contributed by atoms with Crippen molar-refractivity contribution in [1.82, 2.24) is 14.5 Å². The molecule has 0 spiro atoms. The number of rotatable bonds is 5. The maximum atomic E-state index is 13.4. The van der Waals surface area contributed by atoms with Crippen LogP contribution in [0.15, 0.2) is 18.2 Å². The molecule has 1 unspecified atom stereocenters. The average molecular weight is 376 g/mol. The van der Waals surface area contributed by atoms with Crippen molar-refractivity contribution < 1.29 is 26.8 Å². The third kappa shape index (κ3) is 4.30. The lowest BCUT2D eigenvalue weighted by Gasteiger charge is -2.27. The Morgan fingerprint density at radius 2 is 1.84 bits per heavy atom. The summed E-state index contributed by atoms with van der Waals surface area (Å²) >= 11 is 0. The Morgan fingerprint density at radius 3 is 2.36 bits per heavy atom. The van der Waals surface area contributed by atoms with E-state index in [0.717, 1.165) is 27.6 Å². The van der Waals surface area contributed by atoms with E-state index in [0.29, 0.717) is 6.07 Å². The number of halogens is 2. The van der Waals surface area contributed by atoms with E-state index in [2.05, 4.69) is 5.32 Å². The normalized spacial score (nSPS) is 18.4. The van der Waals surface area contributed by atoms with E-state index in [4.69, 9.17) is 5.73 Å². The molecule has 0 saturated carbocycles. The van der Waals surface area contributed by atoms with Crippen molar-refractivity contribution >= 4 is 21.8 Å². The SMILES string of the molecule is CS(=O)(=O)N1CCN(C(=O)c2cc(F)cc(F)c2)C1C(=O)NCCN. The van der Waals surface area contributed by atoms with Crippen molar-refractivity contribution in [2.75, 3.05) is 32.4 Å². The smallest absolute Gasteiger partial charge is 0.259 e. The minimum Gasteiger partial charge on any atom is -0.352 e. The van der Waals surface area contributed by atoms with Crippen molar-refractivity contribution in [3.05, 3.63) is 35.4 Å². The van der Waals surface area contributed by atoms with Gasteiger partial charge in [0.25, 0.3) is 11.8 Å². The fourth-order valence-electron chi connectivity index (χ4n) is 2.57. The molecule has 1 aromatic carbocycles. The van der Waals surface area contributed by atoms with Crippen molar-refractivity contribution in [2.45, 2.75) is 6.17 Å². The predicted molar refractivity (Wildman–Crippen MR) is 84.8 cm³/mol. The lowest BCUT2D eigenvalue weighted by molar-refractivity contribution is -0.127. The average Bonchev–Trinajstić information content (AvgIpc) is 2.96. The van der Waals surface area contributed by atoms with Crippen LogP contribution in [0, 0.1) is 11.6 Å². The third-order valence-electron chi connectivity index (χ3n) is 3.60. The van der Waals surface area contributed by atoms with E-state index in [1.165, 1.54) is 0 Å². The molecular weight excluding hydrogens is 358 g/mol. The fourth-order valence-corrected chi connectivity index (χ4v) is 3.55. The van der Waals surface area contributed by atoms with Gasteiger partial charge in [-0.15, -0.1) is 0 Å². The van der Waals surface area contributed by atoms with Gasteiger partial charge in [0.1, 0.15) is 11.6 Å². The Balaban J connectivity index is 2.36. The van der Waals surface area contributed by atoms with Gasteiger partial charge in [-0.25, -0.2) is 17.2 Å². The van der Waals surface area contributed by atoms with Crippen LogP contribution >= 0.6 is 0 Å². The number of hydrogen-bond donors (Lipinski definition) is 2. The van der Waals surface area contributed by atoms with E-state index in [9.17, 15) is 26.8 Å². The van der Waals surface area contributed by atoms with Crippen molar-refractivity contribution in [3.8, 4) is 0 Å². The van der Waals surface area contributed by atoms with Crippen LogP contribution in [0.3, 0.4) is 0 Å². The molecule has 2 rings (SSSR count). The second kappa shape index (κ2) is 7.42. The highest BCUT2D eigenvalue weighted by atomic mass is 32.2. The summed E-state index contributed by atoms with van der Waals surface area (Å²) < 4.78 is 51.4. The Bertz CT molecular complexity index is 767. The van der Waals surface area contributed by atoms with Gasteiger partial charge < -0.3 is 16.0 Å². The zero-order valence-electron chi connectivity index (χ0n) is 13.4. The number of sulfonamides is 1. The summed E-state index contributed by atoms with van der Waals surface area (Å²) in [6.07, 6.45) is -0.535. The number of amides is 2. The van der Waals surface area contributed by atoms with Crippen LogP contribution < -0.4 is 11.1 Å². The van der Waals surface area contributed by atoms with E-state index >= 15 is 0 Å². The van der Waals surface area contributed by atoms with E-state index in [1.54, 1.807) is 0 Å². The van der Waals surface area contributed by atoms with Gasteiger partial charge in [-0.1, -0.05) is 0 Å². The van der Waals surface area contributed by atoms with Crippen LogP contribution in [-0.2, 0) is 14.8 Å². The van der Waals surface area contributed by atoms with Crippen LogP contribution in [0.4, 0.5) is 8.78 Å². The summed E-state index contributed by atoms with van der Waals surface area (Å²) in [4.78, 5) is 25.9. The van der Waals surface area contributed by atoms with Gasteiger partial charge in [0.05, 0.1) is 6.26 Å². The summed E-state index contributed by atoms with van der Waals surface area (Å²) in [5.74, 6) is -3.49. The number of carbonyl (C=O) groups is 2. The molecule has 25 heavy (non-hydrogen) atoms. The number of nitrogens with one attached hydrogen (secondary N) is 1. The number of carbonyl (C=O) groups excluding carboxylic acids is 2. The second-order valence-electron chi connectivity index (χ2n) is 5.48. The number of nitrogens with two attached hydrogens (primary N) is 1. The lowest BCUT2D eigenvalue weighted by Crippen LogP contribution is -2.54. The largest absolute Gasteiger partial charge is 0.352 e. The molecule has 0 aliphatic carbocycles. The minimum absolute atomic E-state index is 0.0869. The van der Waals surface area contributed by atoms with Crippen molar-refractivity contribution in [2.24, 2.45) is 5.73 Å². The Labute approximate surface area is 143 Å². The molecule has 1 saturated heterocycles. The van der Waals surface area contributed by atoms with Gasteiger partial charge in [-0.2, -0.15) is 4.31 Å². The first-order valence-electron chi connectivity index (χ1n) is 7.37. The fraction of sp³-hybridized carbons (Fsp3) is 0.429. The maximum absolute atomic E-state index is 13.4. The van der Waals surface area contributed by atoms with Crippen molar-refractivity contribution in [3.63, 3.8) is 0 Å². The van der Waals surface area contributed by atoms with Gasteiger partial charge in [0, 0.05) is 37.8 Å². The first kappa shape index (κ1) is 19.2. The zero-order chi connectivity index (χ0) is 18.8. The molecule has 138 valence electrons. The first-order valence-corrected chi connectivity index (χ1v) is 9.21. The number of benzene rings is 1. The minimum atomic E-state index is -3.79. The van der Waals surface area contributed by atoms with Crippen molar-refractivity contribution in [1.29, 1.82) is 0 Å². The van der Waals surface area contributed by atoms with Gasteiger partial charge >= 0.3 is 0 Å². The molecular formula is C14H18F2N4O4S. The van der Waals surface area contributed by atoms with Crippen LogP contribution in [0.1, 0.15) is 10.4 Å². The molecule has 1 aromatic rings. The highest BCUT2D eigenvalue weighted by molar-refractivity contribution is 7.88. The quantitative estimate of drug-likeness (QED) is 0.690. The standard InChI is InChI=1S/C14H18F2N4O4S/c1-25(23,24)20-5-4-19(13(20)12(21)18-3-2-17)14(22)9-6-10(15)8-11(16)7-9/h6-8,13H,2-5,17H2,1H3,(H,18,21). The summed E-state index contributed by atoms with van der Waals surface area (Å²) in [6, 6.07) is 2.25. The highest BCUT2D eigenvalue weighted by Gasteiger charge is 2.44. The Hall–Kier alpha value is -2.11. The summed E-state index contributed by atoms with van der Waals surface area (Å²) in [5, 5.41) is 2.42. The molecule has 0 bridgehead atoms. The topological polar surface area (TPSA) is 113 Å². The van der Waals surface area contributed by atoms with Crippen LogP contribution in [0.2, 0.25) is 0 Å². The first-order chi connectivity index (χ1) is 11.6. The van der Waals surface area contributed by atoms with Gasteiger partial charge in [0.2, 0.25) is 10.0 Å². The summed E-state index contributed by atoms with van der Waals surface area (Å²) in [5.41, 5.74) is 4.99. The van der Waals surface area contributed by atoms with Gasteiger partial charge in [0.15, 0.2) is 6.17 Å². The number of hydrogen-bond acceptors (Lipinski definition) is 5. The Kier molecular flexibility index (Phi) is 5.70. The molecule has 3 N–H and O–H groups in total. The molecule has 1 heterocycles. The summed E-state index contributed by atoms with van der Waals surface area (Å²) in [6.45, 7) is 0.0117. The highest BCUT2D eigenvalue weighted by Crippen LogP contribution is 2.22. The van der Waals surface area contributed by atoms with E-state index in [1.807, 2.05) is 0 Å². The molecule has 1 fully saturated rings. The monoisotopic (exact) mass is 376 g/mol. The molecule has 0 radical (unpaired) electrons. The second-order valence-corrected chi connectivity index (χ2v) is 7.42. The summed E-state index contributed by atoms with van der Waals surface area (Å²) in [7, 11) is -3.79. The van der Waals surface area contributed by atoms with Crippen LogP contribution in [-0.4, -0.2) is 68.0 Å². The lowest BCUT2D eigenvalue weighted by atomic mass is 10.2. The van der Waals surface area contributed by atoms with Crippen LogP contribution in [0.5, 0.6) is 0 Å². The molecule has 1 aliphatic rings. The van der Waals surface area contributed by atoms with E-state index in [-0.39, 0.29) is 31.7 Å². The third-order valence-corrected chi connectivity index (χ3v) is 4.84. The molecule has 0 aromatic heterocycles. The molecule has 2 amide bonds. The number of nitrogens with zero attached hydrogens (tertiary/aromatic N) is 2. The predicted octanol–water partition coefficient (Wildman–Crippen LogP) is -0.917.